The lowest BCUT2D eigenvalue weighted by Gasteiger charge is -2.37. The van der Waals surface area contributed by atoms with Crippen LogP contribution in [-0.4, -0.2) is 70.4 Å². The van der Waals surface area contributed by atoms with Gasteiger partial charge in [0.2, 0.25) is 0 Å². The quantitative estimate of drug-likeness (QED) is 0.403. The summed E-state index contributed by atoms with van der Waals surface area (Å²) >= 11 is 0. The van der Waals surface area contributed by atoms with Crippen LogP contribution in [0.1, 0.15) is 56.5 Å². The Hall–Kier alpha value is -2.87. The summed E-state index contributed by atoms with van der Waals surface area (Å²) in [6.45, 7) is -0.446. The van der Waals surface area contributed by atoms with Gasteiger partial charge < -0.3 is 20.1 Å². The number of halogens is 3. The third kappa shape index (κ3) is 5.86. The largest absolute Gasteiger partial charge is 0.394 e. The molecule has 1 aliphatic heterocycles. The fraction of sp³-hybridized carbons (Fsp3) is 0.545. The maximum absolute atomic E-state index is 13.5. The monoisotopic (exact) mass is 496 g/mol. The molecule has 13 heteroatoms. The van der Waals surface area contributed by atoms with Crippen molar-refractivity contribution in [3.8, 4) is 11.3 Å². The van der Waals surface area contributed by atoms with E-state index in [1.807, 2.05) is 0 Å². The van der Waals surface area contributed by atoms with Gasteiger partial charge in [-0.1, -0.05) is 24.5 Å². The number of H-pyrrole nitrogens is 1. The standard InChI is InChI=1S/C16H15F3N6O3.C6H12O/c17-8-1-7(2-9(18)14(8)19)10-4-25(24-22-10)11-3-12(16-20-6-21-23-16)28-13(5-26)15(11)27;7-6-4-2-1-3-5-6/h1-2,4,6,11-13,15,26-27H,3,5H2,(H,20,21,23);6-7H,1-5H2. The highest BCUT2D eigenvalue weighted by atomic mass is 19.2. The molecule has 10 nitrogen and oxygen atoms in total. The Kier molecular flexibility index (Phi) is 8.11. The van der Waals surface area contributed by atoms with Crippen molar-refractivity contribution >= 4 is 0 Å². The van der Waals surface area contributed by atoms with Gasteiger partial charge in [-0.3, -0.25) is 5.10 Å². The topological polar surface area (TPSA) is 142 Å². The van der Waals surface area contributed by atoms with Crippen molar-refractivity contribution in [3.63, 3.8) is 0 Å². The van der Waals surface area contributed by atoms with E-state index in [9.17, 15) is 23.4 Å². The Balaban J connectivity index is 0.000000356. The second-order valence-corrected chi connectivity index (χ2v) is 8.64. The molecule has 0 amide bonds. The van der Waals surface area contributed by atoms with Crippen molar-refractivity contribution in [1.82, 2.24) is 30.2 Å². The molecule has 1 saturated carbocycles. The van der Waals surface area contributed by atoms with E-state index in [0.717, 1.165) is 25.0 Å². The zero-order valence-corrected chi connectivity index (χ0v) is 18.8. The number of nitrogens with zero attached hydrogens (tertiary/aromatic N) is 5. The van der Waals surface area contributed by atoms with Crippen LogP contribution >= 0.6 is 0 Å². The molecule has 35 heavy (non-hydrogen) atoms. The van der Waals surface area contributed by atoms with Gasteiger partial charge in [-0.15, -0.1) is 5.10 Å². The van der Waals surface area contributed by atoms with Gasteiger partial charge in [0.15, 0.2) is 23.3 Å². The number of hydrogen-bond donors (Lipinski definition) is 4. The van der Waals surface area contributed by atoms with Crippen LogP contribution < -0.4 is 0 Å². The molecule has 0 radical (unpaired) electrons. The van der Waals surface area contributed by atoms with E-state index in [0.29, 0.717) is 5.82 Å². The molecule has 3 heterocycles. The fourth-order valence-corrected chi connectivity index (χ4v) is 4.27. The number of aromatic nitrogens is 6. The summed E-state index contributed by atoms with van der Waals surface area (Å²) < 4.78 is 47.1. The smallest absolute Gasteiger partial charge is 0.194 e. The average molecular weight is 496 g/mol. The van der Waals surface area contributed by atoms with E-state index in [4.69, 9.17) is 9.84 Å². The first-order valence-electron chi connectivity index (χ1n) is 11.4. The second-order valence-electron chi connectivity index (χ2n) is 8.64. The minimum Gasteiger partial charge on any atom is -0.394 e. The normalized spacial score (nSPS) is 25.2. The van der Waals surface area contributed by atoms with Gasteiger partial charge in [-0.25, -0.2) is 22.8 Å². The SMILES string of the molecule is OC1CCCCC1.OCC1OC(c2ncn[nH]2)CC(n2cc(-c3cc(F)c(F)c(F)c3)nn2)C1O. The van der Waals surface area contributed by atoms with Gasteiger partial charge in [-0.2, -0.15) is 5.10 Å². The number of rotatable bonds is 4. The molecule has 1 aliphatic carbocycles. The molecule has 1 saturated heterocycles. The van der Waals surface area contributed by atoms with Gasteiger partial charge >= 0.3 is 0 Å². The minimum absolute atomic E-state index is 0.00491. The molecule has 2 aromatic heterocycles. The Morgan fingerprint density at radius 3 is 2.37 bits per heavy atom. The second kappa shape index (κ2) is 11.2. The highest BCUT2D eigenvalue weighted by Gasteiger charge is 2.40. The number of aliphatic hydroxyl groups is 3. The third-order valence-corrected chi connectivity index (χ3v) is 6.19. The molecule has 2 aliphatic rings. The van der Waals surface area contributed by atoms with Crippen LogP contribution in [0.3, 0.4) is 0 Å². The first-order valence-corrected chi connectivity index (χ1v) is 11.4. The van der Waals surface area contributed by atoms with E-state index in [1.54, 1.807) is 0 Å². The van der Waals surface area contributed by atoms with Crippen molar-refractivity contribution in [3.05, 3.63) is 47.9 Å². The summed E-state index contributed by atoms with van der Waals surface area (Å²) in [4.78, 5) is 4.02. The van der Waals surface area contributed by atoms with Crippen LogP contribution in [0.25, 0.3) is 11.3 Å². The van der Waals surface area contributed by atoms with Gasteiger partial charge in [0.1, 0.15) is 30.3 Å². The summed E-state index contributed by atoms with van der Waals surface area (Å²) in [6.07, 6.45) is 6.19. The van der Waals surface area contributed by atoms with E-state index >= 15 is 0 Å². The van der Waals surface area contributed by atoms with Crippen LogP contribution in [0.2, 0.25) is 0 Å². The van der Waals surface area contributed by atoms with Gasteiger partial charge in [-0.05, 0) is 25.0 Å². The number of nitrogens with one attached hydrogen (secondary N) is 1. The van der Waals surface area contributed by atoms with Crippen LogP contribution in [0, 0.1) is 17.5 Å². The number of ether oxygens (including phenoxy) is 1. The molecule has 4 atom stereocenters. The lowest BCUT2D eigenvalue weighted by Crippen LogP contribution is -2.45. The molecule has 0 bridgehead atoms. The number of benzene rings is 1. The molecule has 4 unspecified atom stereocenters. The Morgan fingerprint density at radius 2 is 1.80 bits per heavy atom. The van der Waals surface area contributed by atoms with Crippen molar-refractivity contribution < 1.29 is 33.2 Å². The predicted molar refractivity (Wildman–Crippen MR) is 115 cm³/mol. The summed E-state index contributed by atoms with van der Waals surface area (Å²) in [5, 5.41) is 43.1. The predicted octanol–water partition coefficient (Wildman–Crippen LogP) is 2.22. The fourth-order valence-electron chi connectivity index (χ4n) is 4.27. The van der Waals surface area contributed by atoms with E-state index in [2.05, 4.69) is 25.5 Å². The highest BCUT2D eigenvalue weighted by Crippen LogP contribution is 2.36. The highest BCUT2D eigenvalue weighted by molar-refractivity contribution is 5.57. The molecule has 0 spiro atoms. The number of aromatic amines is 1. The van der Waals surface area contributed by atoms with E-state index in [-0.39, 0.29) is 23.8 Å². The average Bonchev–Trinajstić information content (AvgIpc) is 3.56. The molecule has 190 valence electrons. The van der Waals surface area contributed by atoms with Crippen LogP contribution in [0.4, 0.5) is 13.2 Å². The summed E-state index contributed by atoms with van der Waals surface area (Å²) in [7, 11) is 0. The van der Waals surface area contributed by atoms with Gasteiger partial charge in [0, 0.05) is 12.0 Å². The van der Waals surface area contributed by atoms with E-state index in [1.165, 1.54) is 36.5 Å². The van der Waals surface area contributed by atoms with Crippen molar-refractivity contribution in [2.45, 2.75) is 69.0 Å². The molecular formula is C22H27F3N6O4. The number of aliphatic hydroxyl groups excluding tert-OH is 3. The number of hydrogen-bond acceptors (Lipinski definition) is 8. The summed E-state index contributed by atoms with van der Waals surface area (Å²) in [5.41, 5.74) is 0.0861. The van der Waals surface area contributed by atoms with Crippen molar-refractivity contribution in [2.24, 2.45) is 0 Å². The third-order valence-electron chi connectivity index (χ3n) is 6.19. The van der Waals surface area contributed by atoms with Crippen LogP contribution in [0.15, 0.2) is 24.7 Å². The first-order chi connectivity index (χ1) is 16.9. The minimum atomic E-state index is -1.57. The molecule has 2 fully saturated rings. The molecule has 4 N–H and O–H groups in total. The first kappa shape index (κ1) is 25.2. The Morgan fingerprint density at radius 1 is 1.09 bits per heavy atom. The molecule has 1 aromatic carbocycles. The molecular weight excluding hydrogens is 469 g/mol. The van der Waals surface area contributed by atoms with Crippen LogP contribution in [0.5, 0.6) is 0 Å². The molecule has 5 rings (SSSR count). The van der Waals surface area contributed by atoms with Crippen LogP contribution in [-0.2, 0) is 4.74 Å². The molecule has 3 aromatic rings. The maximum Gasteiger partial charge on any atom is 0.194 e. The lowest BCUT2D eigenvalue weighted by atomic mass is 9.95. The Labute approximate surface area is 198 Å². The zero-order valence-electron chi connectivity index (χ0n) is 18.8. The van der Waals surface area contributed by atoms with Crippen molar-refractivity contribution in [2.75, 3.05) is 6.61 Å². The summed E-state index contributed by atoms with van der Waals surface area (Å²) in [5.74, 6) is -3.85. The van der Waals surface area contributed by atoms with Gasteiger partial charge in [0.25, 0.3) is 0 Å². The maximum atomic E-state index is 13.5. The van der Waals surface area contributed by atoms with Gasteiger partial charge in [0.05, 0.1) is 24.9 Å². The zero-order chi connectivity index (χ0) is 24.9. The Bertz CT molecular complexity index is 1070. The van der Waals surface area contributed by atoms with Crippen molar-refractivity contribution in [1.29, 1.82) is 0 Å². The summed E-state index contributed by atoms with van der Waals surface area (Å²) in [6, 6.07) is 0.944. The lowest BCUT2D eigenvalue weighted by molar-refractivity contribution is -0.160. The van der Waals surface area contributed by atoms with E-state index < -0.39 is 48.4 Å².